The van der Waals surface area contributed by atoms with E-state index in [1.54, 1.807) is 14.1 Å². The fourth-order valence-electron chi connectivity index (χ4n) is 13.2. The highest BCUT2D eigenvalue weighted by Crippen LogP contribution is 2.61. The molecule has 0 radical (unpaired) electrons. The first kappa shape index (κ1) is 42.3. The molecule has 2 aromatic rings. The number of amides is 1. The monoisotopic (exact) mass is 840 g/mol. The first-order chi connectivity index (χ1) is 29.0. The summed E-state index contributed by atoms with van der Waals surface area (Å²) in [6.45, 7) is 7.65. The van der Waals surface area contributed by atoms with Crippen molar-refractivity contribution in [3.05, 3.63) is 58.7 Å². The van der Waals surface area contributed by atoms with Crippen LogP contribution < -0.4 is 10.1 Å². The third-order valence-electron chi connectivity index (χ3n) is 16.6. The summed E-state index contributed by atoms with van der Waals surface area (Å²) in [5.41, 5.74) is -1.87. The molecule has 7 aliphatic rings. The van der Waals surface area contributed by atoms with Crippen molar-refractivity contribution in [2.45, 2.75) is 88.1 Å². The van der Waals surface area contributed by atoms with Crippen LogP contribution in [0.4, 0.5) is 0 Å². The van der Waals surface area contributed by atoms with Crippen molar-refractivity contribution in [3.8, 4) is 11.5 Å². The van der Waals surface area contributed by atoms with Gasteiger partial charge in [-0.15, -0.1) is 0 Å². The molecule has 9 rings (SSSR count). The lowest BCUT2D eigenvalue weighted by atomic mass is 9.49. The lowest BCUT2D eigenvalue weighted by Crippen LogP contribution is -2.75. The standard InChI is InChI=1S/C47H60N4O10/c1-45-15-14-28-27-11-9-26(22-25(27)8-10-29(28)30(45)12-13-35(45)53)61-21-20-50-16-18-51(19-17-50)24-48-44(58)38-41(55)39(49(3)4)33-23-32-37(42(56)47(33,60)43(38)57)40(54)36-31(46(32,2)59)6-5-7-34(36)52/h5-7,9,11,22,28-30,32-33,35,37-39,52-53,59-60H,8,10,12-21,23-24H2,1-4H3,(H,48,58). The number of piperazine rings is 1. The second kappa shape index (κ2) is 15.3. The van der Waals surface area contributed by atoms with Gasteiger partial charge in [0.15, 0.2) is 34.7 Å². The molecule has 1 saturated heterocycles. The Balaban J connectivity index is 0.792. The minimum absolute atomic E-state index is 0.0440. The zero-order valence-electron chi connectivity index (χ0n) is 35.6. The van der Waals surface area contributed by atoms with Crippen LogP contribution in [-0.4, -0.2) is 142 Å². The topological polar surface area (TPSA) is 197 Å². The number of nitrogens with zero attached hydrogens (tertiary/aromatic N) is 3. The van der Waals surface area contributed by atoms with Crippen molar-refractivity contribution >= 4 is 29.0 Å². The minimum Gasteiger partial charge on any atom is -0.507 e. The summed E-state index contributed by atoms with van der Waals surface area (Å²) in [6.07, 6.45) is 6.10. The minimum atomic E-state index is -2.85. The lowest BCUT2D eigenvalue weighted by Gasteiger charge is -2.55. The van der Waals surface area contributed by atoms with Crippen LogP contribution in [-0.2, 0) is 31.2 Å². The first-order valence-electron chi connectivity index (χ1n) is 22.2. The number of aliphatic hydroxyl groups excluding tert-OH is 1. The summed E-state index contributed by atoms with van der Waals surface area (Å²) < 4.78 is 6.25. The van der Waals surface area contributed by atoms with Crippen LogP contribution in [0.2, 0.25) is 0 Å². The average molecular weight is 841 g/mol. The summed E-state index contributed by atoms with van der Waals surface area (Å²) in [5.74, 6) is -8.78. The van der Waals surface area contributed by atoms with Crippen LogP contribution >= 0.6 is 0 Å². The first-order valence-corrected chi connectivity index (χ1v) is 22.2. The van der Waals surface area contributed by atoms with Gasteiger partial charge in [0, 0.05) is 44.6 Å². The van der Waals surface area contributed by atoms with E-state index < -0.39 is 75.7 Å². The zero-order valence-corrected chi connectivity index (χ0v) is 35.6. The number of phenols is 1. The van der Waals surface area contributed by atoms with E-state index >= 15 is 0 Å². The predicted molar refractivity (Wildman–Crippen MR) is 222 cm³/mol. The van der Waals surface area contributed by atoms with Crippen LogP contribution in [0.3, 0.4) is 0 Å². The van der Waals surface area contributed by atoms with Crippen LogP contribution in [0.1, 0.15) is 85.3 Å². The number of Topliss-reactive ketones (excluding diaryl/α,β-unsaturated/α-hetero) is 4. The number of aliphatic hydroxyl groups is 3. The van der Waals surface area contributed by atoms with E-state index in [2.05, 4.69) is 35.3 Å². The molecule has 1 heterocycles. The van der Waals surface area contributed by atoms with Crippen LogP contribution in [0.15, 0.2) is 36.4 Å². The number of carbonyl (C=O) groups is 5. The molecule has 2 aromatic carbocycles. The van der Waals surface area contributed by atoms with Crippen molar-refractivity contribution in [2.24, 2.45) is 40.9 Å². The Morgan fingerprint density at radius 1 is 0.918 bits per heavy atom. The fourth-order valence-corrected chi connectivity index (χ4v) is 13.2. The van der Waals surface area contributed by atoms with E-state index in [1.165, 1.54) is 47.6 Å². The molecule has 4 saturated carbocycles. The maximum absolute atomic E-state index is 14.4. The molecule has 12 unspecified atom stereocenters. The van der Waals surface area contributed by atoms with Crippen molar-refractivity contribution in [3.63, 3.8) is 0 Å². The van der Waals surface area contributed by atoms with Gasteiger partial charge in [-0.3, -0.25) is 38.7 Å². The normalized spacial score (nSPS) is 38.5. The number of likely N-dealkylation sites (N-methyl/N-ethyl adjacent to an activating group) is 1. The quantitative estimate of drug-likeness (QED) is 0.243. The smallest absolute Gasteiger partial charge is 0.239 e. The Labute approximate surface area is 356 Å². The summed E-state index contributed by atoms with van der Waals surface area (Å²) in [5, 5.41) is 48.0. The van der Waals surface area contributed by atoms with E-state index in [4.69, 9.17) is 4.74 Å². The number of ketones is 4. The van der Waals surface area contributed by atoms with Gasteiger partial charge in [0.1, 0.15) is 18.1 Å². The SMILES string of the molecule is CN(C)C1C(=O)C(C(=O)NCN2CCN(CCOc3ccc4c(c3)CCC3C4CCC4(C)C(O)CCC34)CC2)C(=O)C2(O)C(=O)C3C(=O)c4c(O)cccc4C(C)(O)C3CC12. The van der Waals surface area contributed by atoms with Crippen LogP contribution in [0.25, 0.3) is 0 Å². The highest BCUT2D eigenvalue weighted by atomic mass is 16.5. The van der Waals surface area contributed by atoms with E-state index in [9.17, 15) is 44.4 Å². The fraction of sp³-hybridized carbons (Fsp3) is 0.638. The Hall–Kier alpha value is -4.05. The van der Waals surface area contributed by atoms with Crippen molar-refractivity contribution in [1.82, 2.24) is 20.0 Å². The number of hydrogen-bond donors (Lipinski definition) is 5. The summed E-state index contributed by atoms with van der Waals surface area (Å²) in [4.78, 5) is 76.0. The zero-order chi connectivity index (χ0) is 43.3. The number of rotatable bonds is 8. The maximum Gasteiger partial charge on any atom is 0.239 e. The average Bonchev–Trinajstić information content (AvgIpc) is 3.54. The van der Waals surface area contributed by atoms with E-state index in [0.29, 0.717) is 50.5 Å². The largest absolute Gasteiger partial charge is 0.507 e. The molecular weight excluding hydrogens is 781 g/mol. The second-order valence-electron chi connectivity index (χ2n) is 19.8. The van der Waals surface area contributed by atoms with Crippen LogP contribution in [0, 0.1) is 40.9 Å². The predicted octanol–water partition coefficient (Wildman–Crippen LogP) is 2.03. The summed E-state index contributed by atoms with van der Waals surface area (Å²) in [7, 11) is 3.11. The third kappa shape index (κ3) is 6.53. The van der Waals surface area contributed by atoms with Crippen molar-refractivity contribution < 1.29 is 49.1 Å². The Morgan fingerprint density at radius 3 is 2.39 bits per heavy atom. The molecule has 0 bridgehead atoms. The molecule has 14 nitrogen and oxygen atoms in total. The third-order valence-corrected chi connectivity index (χ3v) is 16.6. The molecule has 0 aromatic heterocycles. The van der Waals surface area contributed by atoms with E-state index in [-0.39, 0.29) is 35.7 Å². The molecule has 1 amide bonds. The molecule has 5 N–H and O–H groups in total. The van der Waals surface area contributed by atoms with Crippen LogP contribution in [0.5, 0.6) is 11.5 Å². The Bertz CT molecular complexity index is 2150. The lowest BCUT2D eigenvalue weighted by molar-refractivity contribution is -0.188. The molecular formula is C47H60N4O10. The molecule has 0 spiro atoms. The Morgan fingerprint density at radius 2 is 1.66 bits per heavy atom. The van der Waals surface area contributed by atoms with Gasteiger partial charge in [0.25, 0.3) is 0 Å². The van der Waals surface area contributed by atoms with Gasteiger partial charge in [-0.25, -0.2) is 0 Å². The second-order valence-corrected chi connectivity index (χ2v) is 19.8. The van der Waals surface area contributed by atoms with Crippen molar-refractivity contribution in [2.75, 3.05) is 60.1 Å². The van der Waals surface area contributed by atoms with Gasteiger partial charge in [0.2, 0.25) is 5.91 Å². The number of hydrogen-bond acceptors (Lipinski definition) is 13. The van der Waals surface area contributed by atoms with Gasteiger partial charge in [0.05, 0.1) is 35.9 Å². The highest BCUT2D eigenvalue weighted by Gasteiger charge is 2.71. The summed E-state index contributed by atoms with van der Waals surface area (Å²) >= 11 is 0. The van der Waals surface area contributed by atoms with E-state index in [0.717, 1.165) is 44.4 Å². The number of phenolic OH excluding ortho intramolecular Hbond substituents is 1. The molecule has 328 valence electrons. The number of fused-ring (bicyclic) bond motifs is 8. The van der Waals surface area contributed by atoms with E-state index in [1.807, 2.05) is 4.90 Å². The van der Waals surface area contributed by atoms with Gasteiger partial charge >= 0.3 is 0 Å². The van der Waals surface area contributed by atoms with Gasteiger partial charge in [-0.1, -0.05) is 25.1 Å². The highest BCUT2D eigenvalue weighted by molar-refractivity contribution is 6.32. The van der Waals surface area contributed by atoms with Gasteiger partial charge in [-0.2, -0.15) is 0 Å². The molecule has 12 atom stereocenters. The summed E-state index contributed by atoms with van der Waals surface area (Å²) in [6, 6.07) is 9.58. The number of nitrogens with one attached hydrogen (secondary N) is 1. The molecule has 6 aliphatic carbocycles. The van der Waals surface area contributed by atoms with Crippen molar-refractivity contribution in [1.29, 1.82) is 0 Å². The number of ether oxygens (including phenoxy) is 1. The number of aryl methyl sites for hydroxylation is 1. The molecule has 1 aliphatic heterocycles. The van der Waals surface area contributed by atoms with Gasteiger partial charge < -0.3 is 30.5 Å². The molecule has 5 fully saturated rings. The number of carbonyl (C=O) groups excluding carboxylic acids is 5. The molecule has 61 heavy (non-hydrogen) atoms. The number of aromatic hydroxyl groups is 1. The number of benzene rings is 2. The Kier molecular flexibility index (Phi) is 10.6. The molecule has 14 heteroatoms. The van der Waals surface area contributed by atoms with Gasteiger partial charge in [-0.05, 0) is 124 Å². The maximum atomic E-state index is 14.4.